The van der Waals surface area contributed by atoms with Crippen molar-refractivity contribution in [2.45, 2.75) is 33.9 Å². The van der Waals surface area contributed by atoms with Gasteiger partial charge in [0.15, 0.2) is 11.5 Å². The van der Waals surface area contributed by atoms with E-state index in [9.17, 15) is 9.59 Å². The molecule has 33 heavy (non-hydrogen) atoms. The van der Waals surface area contributed by atoms with Crippen LogP contribution in [0.2, 0.25) is 0 Å². The van der Waals surface area contributed by atoms with E-state index < -0.39 is 0 Å². The van der Waals surface area contributed by atoms with Gasteiger partial charge in [-0.3, -0.25) is 14.3 Å². The minimum Gasteiger partial charge on any atom is -0.486 e. The largest absolute Gasteiger partial charge is 0.486 e. The van der Waals surface area contributed by atoms with Gasteiger partial charge >= 0.3 is 0 Å². The Kier molecular flexibility index (Phi) is 6.40. The van der Waals surface area contributed by atoms with Gasteiger partial charge in [0.05, 0.1) is 23.6 Å². The van der Waals surface area contributed by atoms with Crippen LogP contribution in [-0.2, 0) is 13.2 Å². The van der Waals surface area contributed by atoms with Crippen LogP contribution < -0.4 is 10.1 Å². The minimum atomic E-state index is -0.350. The van der Waals surface area contributed by atoms with Crippen LogP contribution in [0.5, 0.6) is 5.75 Å². The fourth-order valence-electron chi connectivity index (χ4n) is 3.48. The van der Waals surface area contributed by atoms with E-state index in [0.29, 0.717) is 29.3 Å². The number of amides is 1. The standard InChI is InChI=1S/C26H25N3O4/c1-17-25(18(2)29(28-17)15-20-7-5-4-6-8-20)27-26(31)24-14-13-23(33-24)16-32-22-11-9-21(10-12-22)19(3)30/h4-14H,15-16H2,1-3H3,(H,27,31). The molecule has 2 aromatic carbocycles. The number of aromatic nitrogens is 2. The summed E-state index contributed by atoms with van der Waals surface area (Å²) in [6.45, 7) is 6.10. The topological polar surface area (TPSA) is 86.4 Å². The highest BCUT2D eigenvalue weighted by molar-refractivity contribution is 6.03. The lowest BCUT2D eigenvalue weighted by atomic mass is 10.1. The Balaban J connectivity index is 1.39. The van der Waals surface area contributed by atoms with Crippen molar-refractivity contribution in [1.29, 1.82) is 0 Å². The van der Waals surface area contributed by atoms with Gasteiger partial charge in [-0.1, -0.05) is 30.3 Å². The van der Waals surface area contributed by atoms with Gasteiger partial charge in [-0.05, 0) is 62.7 Å². The third-order valence-electron chi connectivity index (χ3n) is 5.32. The zero-order valence-corrected chi connectivity index (χ0v) is 18.8. The maximum absolute atomic E-state index is 12.8. The van der Waals surface area contributed by atoms with E-state index >= 15 is 0 Å². The average molecular weight is 444 g/mol. The minimum absolute atomic E-state index is 0.000629. The molecular weight excluding hydrogens is 418 g/mol. The maximum atomic E-state index is 12.8. The normalized spacial score (nSPS) is 10.8. The predicted octanol–water partition coefficient (Wildman–Crippen LogP) is 5.18. The van der Waals surface area contributed by atoms with Crippen LogP contribution in [0.4, 0.5) is 5.69 Å². The number of ether oxygens (including phenoxy) is 1. The lowest BCUT2D eigenvalue weighted by molar-refractivity contribution is 0.0990. The number of hydrogen-bond donors (Lipinski definition) is 1. The number of Topliss-reactive ketones (excluding diaryl/α,β-unsaturated/α-hetero) is 1. The average Bonchev–Trinajstić information content (AvgIpc) is 3.39. The van der Waals surface area contributed by atoms with Gasteiger partial charge in [0.1, 0.15) is 18.1 Å². The summed E-state index contributed by atoms with van der Waals surface area (Å²) >= 11 is 0. The van der Waals surface area contributed by atoms with Crippen molar-refractivity contribution >= 4 is 17.4 Å². The summed E-state index contributed by atoms with van der Waals surface area (Å²) in [5, 5.41) is 7.48. The Morgan fingerprint density at radius 1 is 1.00 bits per heavy atom. The summed E-state index contributed by atoms with van der Waals surface area (Å²) in [6, 6.07) is 20.2. The van der Waals surface area contributed by atoms with Crippen LogP contribution in [-0.4, -0.2) is 21.5 Å². The van der Waals surface area contributed by atoms with Gasteiger partial charge in [0, 0.05) is 5.56 Å². The third kappa shape index (κ3) is 5.20. The molecule has 0 atom stereocenters. The Labute approximate surface area is 192 Å². The number of ketones is 1. The van der Waals surface area contributed by atoms with E-state index in [1.54, 1.807) is 36.4 Å². The number of nitrogens with zero attached hydrogens (tertiary/aromatic N) is 2. The van der Waals surface area contributed by atoms with E-state index in [2.05, 4.69) is 10.4 Å². The van der Waals surface area contributed by atoms with Gasteiger partial charge in [0.2, 0.25) is 0 Å². The highest BCUT2D eigenvalue weighted by atomic mass is 16.5. The van der Waals surface area contributed by atoms with E-state index in [1.165, 1.54) is 6.92 Å². The van der Waals surface area contributed by atoms with Crippen molar-refractivity contribution < 1.29 is 18.7 Å². The molecule has 0 fully saturated rings. The zero-order valence-electron chi connectivity index (χ0n) is 18.8. The second kappa shape index (κ2) is 9.56. The summed E-state index contributed by atoms with van der Waals surface area (Å²) in [4.78, 5) is 24.1. The van der Waals surface area contributed by atoms with Gasteiger partial charge < -0.3 is 14.5 Å². The molecule has 4 rings (SSSR count). The van der Waals surface area contributed by atoms with Gasteiger partial charge in [0.25, 0.3) is 5.91 Å². The number of rotatable bonds is 8. The first-order valence-corrected chi connectivity index (χ1v) is 10.6. The highest BCUT2D eigenvalue weighted by Gasteiger charge is 2.18. The van der Waals surface area contributed by atoms with Gasteiger partial charge in [-0.25, -0.2) is 0 Å². The van der Waals surface area contributed by atoms with E-state index in [4.69, 9.17) is 9.15 Å². The molecule has 2 heterocycles. The van der Waals surface area contributed by atoms with E-state index in [1.807, 2.05) is 48.9 Å². The number of carbonyl (C=O) groups is 2. The first-order valence-electron chi connectivity index (χ1n) is 10.6. The molecule has 0 aliphatic rings. The molecule has 0 aliphatic heterocycles. The number of nitrogens with one attached hydrogen (secondary N) is 1. The molecule has 7 heteroatoms. The molecule has 4 aromatic rings. The molecule has 168 valence electrons. The summed E-state index contributed by atoms with van der Waals surface area (Å²) in [7, 11) is 0. The lowest BCUT2D eigenvalue weighted by Gasteiger charge is -2.07. The first kappa shape index (κ1) is 22.1. The first-order chi connectivity index (χ1) is 15.9. The van der Waals surface area contributed by atoms with Crippen molar-refractivity contribution in [3.8, 4) is 5.75 Å². The van der Waals surface area contributed by atoms with Gasteiger partial charge in [-0.2, -0.15) is 5.10 Å². The lowest BCUT2D eigenvalue weighted by Crippen LogP contribution is -2.12. The summed E-state index contributed by atoms with van der Waals surface area (Å²) in [6.07, 6.45) is 0. The molecule has 0 spiro atoms. The zero-order chi connectivity index (χ0) is 23.4. The molecular formula is C26H25N3O4. The molecule has 0 unspecified atom stereocenters. The monoisotopic (exact) mass is 443 g/mol. The third-order valence-corrected chi connectivity index (χ3v) is 5.32. The smallest absolute Gasteiger partial charge is 0.291 e. The highest BCUT2D eigenvalue weighted by Crippen LogP contribution is 2.22. The molecule has 0 saturated heterocycles. The van der Waals surface area contributed by atoms with Crippen molar-refractivity contribution in [2.75, 3.05) is 5.32 Å². The molecule has 7 nitrogen and oxygen atoms in total. The quantitative estimate of drug-likeness (QED) is 0.380. The Morgan fingerprint density at radius 3 is 2.42 bits per heavy atom. The van der Waals surface area contributed by atoms with Crippen LogP contribution in [0.25, 0.3) is 0 Å². The van der Waals surface area contributed by atoms with Crippen LogP contribution in [0.15, 0.2) is 71.1 Å². The molecule has 1 N–H and O–H groups in total. The number of anilines is 1. The fourth-order valence-corrected chi connectivity index (χ4v) is 3.48. The van der Waals surface area contributed by atoms with Crippen LogP contribution >= 0.6 is 0 Å². The Bertz CT molecular complexity index is 1270. The molecule has 2 aromatic heterocycles. The van der Waals surface area contributed by atoms with Crippen LogP contribution in [0.1, 0.15) is 50.5 Å². The molecule has 0 aliphatic carbocycles. The fraction of sp³-hybridized carbons (Fsp3) is 0.192. The summed E-state index contributed by atoms with van der Waals surface area (Å²) in [5.74, 6) is 0.968. The van der Waals surface area contributed by atoms with Crippen molar-refractivity contribution in [3.63, 3.8) is 0 Å². The van der Waals surface area contributed by atoms with E-state index in [0.717, 1.165) is 17.0 Å². The van der Waals surface area contributed by atoms with E-state index in [-0.39, 0.29) is 24.1 Å². The van der Waals surface area contributed by atoms with Crippen molar-refractivity contribution in [1.82, 2.24) is 9.78 Å². The van der Waals surface area contributed by atoms with Crippen LogP contribution in [0, 0.1) is 13.8 Å². The Hall–Kier alpha value is -4.13. The molecule has 1 amide bonds. The number of benzene rings is 2. The maximum Gasteiger partial charge on any atom is 0.291 e. The molecule has 0 radical (unpaired) electrons. The Morgan fingerprint density at radius 2 is 1.73 bits per heavy atom. The van der Waals surface area contributed by atoms with Crippen LogP contribution in [0.3, 0.4) is 0 Å². The van der Waals surface area contributed by atoms with Gasteiger partial charge in [-0.15, -0.1) is 0 Å². The second-order valence-electron chi connectivity index (χ2n) is 7.78. The number of hydrogen-bond acceptors (Lipinski definition) is 5. The molecule has 0 bridgehead atoms. The number of furan rings is 1. The number of aryl methyl sites for hydroxylation is 1. The molecule has 0 saturated carbocycles. The number of carbonyl (C=O) groups excluding carboxylic acids is 2. The SMILES string of the molecule is CC(=O)c1ccc(OCc2ccc(C(=O)Nc3c(C)nn(Cc4ccccc4)c3C)o2)cc1. The summed E-state index contributed by atoms with van der Waals surface area (Å²) < 4.78 is 13.2. The van der Waals surface area contributed by atoms with Crippen molar-refractivity contribution in [3.05, 3.63) is 101 Å². The van der Waals surface area contributed by atoms with Crippen molar-refractivity contribution in [2.24, 2.45) is 0 Å². The predicted molar refractivity (Wildman–Crippen MR) is 125 cm³/mol. The second-order valence-corrected chi connectivity index (χ2v) is 7.78. The summed E-state index contributed by atoms with van der Waals surface area (Å²) in [5.41, 5.74) is 4.04.